The summed E-state index contributed by atoms with van der Waals surface area (Å²) in [5.41, 5.74) is 5.75. The highest BCUT2D eigenvalue weighted by molar-refractivity contribution is 5.91. The van der Waals surface area contributed by atoms with E-state index in [4.69, 9.17) is 4.74 Å². The summed E-state index contributed by atoms with van der Waals surface area (Å²) in [5, 5.41) is 3.06. The lowest BCUT2D eigenvalue weighted by Crippen LogP contribution is -2.55. The van der Waals surface area contributed by atoms with E-state index in [0.29, 0.717) is 58.0 Å². The van der Waals surface area contributed by atoms with Crippen molar-refractivity contribution < 1.29 is 19.1 Å². The van der Waals surface area contributed by atoms with Crippen LogP contribution in [-0.2, 0) is 22.4 Å². The van der Waals surface area contributed by atoms with Crippen LogP contribution in [0.3, 0.4) is 0 Å². The van der Waals surface area contributed by atoms with Gasteiger partial charge in [-0.05, 0) is 67.9 Å². The van der Waals surface area contributed by atoms with E-state index in [9.17, 15) is 14.4 Å². The second kappa shape index (κ2) is 13.9. The first-order chi connectivity index (χ1) is 22.9. The van der Waals surface area contributed by atoms with E-state index in [0.717, 1.165) is 52.9 Å². The van der Waals surface area contributed by atoms with Gasteiger partial charge in [0.15, 0.2) is 6.10 Å². The summed E-state index contributed by atoms with van der Waals surface area (Å²) in [6, 6.07) is 12.5. The molecule has 47 heavy (non-hydrogen) atoms. The number of carbonyl (C=O) groups is 3. The van der Waals surface area contributed by atoms with Gasteiger partial charge in [0, 0.05) is 70.0 Å². The zero-order valence-electron chi connectivity index (χ0n) is 27.5. The van der Waals surface area contributed by atoms with Crippen molar-refractivity contribution in [2.45, 2.75) is 82.9 Å². The van der Waals surface area contributed by atoms with Gasteiger partial charge < -0.3 is 29.7 Å². The number of carbonyl (C=O) groups excluding carboxylic acids is 3. The summed E-state index contributed by atoms with van der Waals surface area (Å²) < 4.78 is 6.11. The number of likely N-dealkylation sites (tertiary alicyclic amines) is 1. The normalized spacial score (nSPS) is 20.9. The number of piperazine rings is 1. The van der Waals surface area contributed by atoms with Crippen LogP contribution in [0.15, 0.2) is 42.7 Å². The zero-order chi connectivity index (χ0) is 32.3. The molecule has 1 saturated carbocycles. The number of anilines is 1. The molecule has 1 aromatic heterocycles. The van der Waals surface area contributed by atoms with E-state index in [1.54, 1.807) is 11.2 Å². The Morgan fingerprint density at radius 3 is 2.47 bits per heavy atom. The monoisotopic (exact) mass is 641 g/mol. The van der Waals surface area contributed by atoms with E-state index >= 15 is 0 Å². The summed E-state index contributed by atoms with van der Waals surface area (Å²) in [7, 11) is 0. The quantitative estimate of drug-likeness (QED) is 0.394. The second-order valence-corrected chi connectivity index (χ2v) is 13.7. The molecule has 1 aliphatic carbocycles. The molecule has 0 bridgehead atoms. The number of nitrogens with one attached hydrogen (secondary N) is 2. The van der Waals surface area contributed by atoms with Crippen LogP contribution in [0.1, 0.15) is 61.6 Å². The number of amides is 4. The van der Waals surface area contributed by atoms with Crippen molar-refractivity contribution in [3.63, 3.8) is 0 Å². The van der Waals surface area contributed by atoms with Crippen LogP contribution in [0.25, 0.3) is 11.0 Å². The van der Waals surface area contributed by atoms with E-state index in [2.05, 4.69) is 26.3 Å². The molecule has 2 N–H and O–H groups in total. The average Bonchev–Trinajstić information content (AvgIpc) is 3.52. The fraction of sp³-hybridized carbons (Fsp3) is 0.556. The summed E-state index contributed by atoms with van der Waals surface area (Å²) in [6.45, 7) is 6.61. The van der Waals surface area contributed by atoms with Crippen molar-refractivity contribution in [3.05, 3.63) is 59.4 Å². The van der Waals surface area contributed by atoms with E-state index in [1.807, 2.05) is 47.1 Å². The van der Waals surface area contributed by atoms with Crippen LogP contribution in [0.2, 0.25) is 0 Å². The molecule has 4 heterocycles. The number of rotatable bonds is 6. The number of hydrogen-bond acceptors (Lipinski definition) is 6. The van der Waals surface area contributed by atoms with Crippen LogP contribution >= 0.6 is 0 Å². The number of imidazole rings is 1. The Hall–Kier alpha value is -4.12. The summed E-state index contributed by atoms with van der Waals surface area (Å²) >= 11 is 0. The third-order valence-corrected chi connectivity index (χ3v) is 10.7. The maximum Gasteiger partial charge on any atom is 0.410 e. The Morgan fingerprint density at radius 1 is 0.915 bits per heavy atom. The largest absolute Gasteiger partial charge is 0.436 e. The Bertz CT molecular complexity index is 1580. The Labute approximate surface area is 276 Å². The number of aryl methyl sites for hydroxylation is 1. The van der Waals surface area contributed by atoms with Crippen LogP contribution in [0.4, 0.5) is 15.3 Å². The number of aromatic nitrogens is 2. The van der Waals surface area contributed by atoms with E-state index in [1.165, 1.54) is 32.1 Å². The van der Waals surface area contributed by atoms with Gasteiger partial charge in [0.25, 0.3) is 5.91 Å². The Morgan fingerprint density at radius 2 is 1.68 bits per heavy atom. The van der Waals surface area contributed by atoms with Crippen LogP contribution in [-0.4, -0.2) is 112 Å². The lowest BCUT2D eigenvalue weighted by molar-refractivity contribution is -0.143. The summed E-state index contributed by atoms with van der Waals surface area (Å²) in [5.74, 6) is -0.125. The first-order valence-corrected chi connectivity index (χ1v) is 17.5. The molecule has 3 aliphatic heterocycles. The standard InChI is InChI=1S/C36H47N7O4/c1-25-21-26(22-31-33(25)38-24-37-31)23-32(34(44)41-19-17-40(18-20-41)28-8-3-2-4-9-28)47-36(46)42-14-12-29(13-15-42)43-16-11-27-7-5-6-10-30(27)39-35(43)45/h5-7,10,21-22,24,28-29,32H,2-4,8-9,11-20,23H2,1H3,(H,37,38)(H,39,45). The summed E-state index contributed by atoms with van der Waals surface area (Å²) in [6.07, 6.45) is 9.11. The first kappa shape index (κ1) is 31.5. The molecule has 2 aromatic carbocycles. The molecular weight excluding hydrogens is 594 g/mol. The maximum atomic E-state index is 14.1. The number of nitrogens with zero attached hydrogens (tertiary/aromatic N) is 5. The molecular formula is C36H47N7O4. The zero-order valence-corrected chi connectivity index (χ0v) is 27.5. The van der Waals surface area contributed by atoms with Crippen LogP contribution < -0.4 is 5.32 Å². The smallest absolute Gasteiger partial charge is 0.410 e. The van der Waals surface area contributed by atoms with E-state index < -0.39 is 12.2 Å². The molecule has 1 unspecified atom stereocenters. The molecule has 4 amide bonds. The van der Waals surface area contributed by atoms with Crippen molar-refractivity contribution in [2.75, 3.05) is 51.1 Å². The molecule has 1 atom stereocenters. The van der Waals surface area contributed by atoms with Gasteiger partial charge in [-0.25, -0.2) is 14.6 Å². The first-order valence-electron chi connectivity index (χ1n) is 17.5. The van der Waals surface area contributed by atoms with Crippen LogP contribution in [0, 0.1) is 6.92 Å². The fourth-order valence-corrected chi connectivity index (χ4v) is 8.07. The fourth-order valence-electron chi connectivity index (χ4n) is 8.07. The number of fused-ring (bicyclic) bond motifs is 2. The molecule has 11 nitrogen and oxygen atoms in total. The summed E-state index contributed by atoms with van der Waals surface area (Å²) in [4.78, 5) is 56.4. The topological polar surface area (TPSA) is 114 Å². The average molecular weight is 642 g/mol. The number of ether oxygens (including phenoxy) is 1. The minimum atomic E-state index is -0.920. The number of benzene rings is 2. The van der Waals surface area contributed by atoms with Crippen molar-refractivity contribution in [1.82, 2.24) is 29.6 Å². The minimum Gasteiger partial charge on any atom is -0.436 e. The molecule has 4 aliphatic rings. The number of para-hydroxylation sites is 1. The highest BCUT2D eigenvalue weighted by Gasteiger charge is 2.36. The highest BCUT2D eigenvalue weighted by Crippen LogP contribution is 2.27. The third kappa shape index (κ3) is 6.95. The second-order valence-electron chi connectivity index (χ2n) is 13.7. The van der Waals surface area contributed by atoms with Gasteiger partial charge in [-0.1, -0.05) is 43.5 Å². The van der Waals surface area contributed by atoms with Gasteiger partial charge in [0.1, 0.15) is 0 Å². The molecule has 7 rings (SSSR count). The van der Waals surface area contributed by atoms with Crippen molar-refractivity contribution in [2.24, 2.45) is 0 Å². The number of urea groups is 1. The number of H-pyrrole nitrogens is 1. The van der Waals surface area contributed by atoms with Crippen molar-refractivity contribution in [3.8, 4) is 0 Å². The van der Waals surface area contributed by atoms with Gasteiger partial charge in [-0.2, -0.15) is 0 Å². The van der Waals surface area contributed by atoms with Gasteiger partial charge >= 0.3 is 12.1 Å². The predicted octanol–water partition coefficient (Wildman–Crippen LogP) is 4.95. The molecule has 3 aromatic rings. The SMILES string of the molecule is Cc1cc(CC(OC(=O)N2CCC(N3CCc4ccccc4NC3=O)CC2)C(=O)N2CCN(C3CCCCC3)CC2)cc2[nH]cnc12. The highest BCUT2D eigenvalue weighted by atomic mass is 16.6. The van der Waals surface area contributed by atoms with Gasteiger partial charge in [-0.15, -0.1) is 0 Å². The van der Waals surface area contributed by atoms with Gasteiger partial charge in [0.2, 0.25) is 0 Å². The Kier molecular flexibility index (Phi) is 9.33. The van der Waals surface area contributed by atoms with E-state index in [-0.39, 0.29) is 18.0 Å². The van der Waals surface area contributed by atoms with Gasteiger partial charge in [0.05, 0.1) is 17.4 Å². The Balaban J connectivity index is 1.00. The molecule has 0 radical (unpaired) electrons. The molecule has 11 heteroatoms. The lowest BCUT2D eigenvalue weighted by Gasteiger charge is -2.41. The predicted molar refractivity (Wildman–Crippen MR) is 180 cm³/mol. The molecule has 250 valence electrons. The van der Waals surface area contributed by atoms with Crippen molar-refractivity contribution >= 4 is 34.8 Å². The number of piperidine rings is 1. The van der Waals surface area contributed by atoms with Crippen LogP contribution in [0.5, 0.6) is 0 Å². The minimum absolute atomic E-state index is 0.0374. The molecule has 2 saturated heterocycles. The third-order valence-electron chi connectivity index (χ3n) is 10.7. The molecule has 0 spiro atoms. The van der Waals surface area contributed by atoms with Gasteiger partial charge in [-0.3, -0.25) is 9.69 Å². The van der Waals surface area contributed by atoms with Crippen molar-refractivity contribution in [1.29, 1.82) is 0 Å². The lowest BCUT2D eigenvalue weighted by atomic mass is 9.94. The molecule has 3 fully saturated rings. The maximum absolute atomic E-state index is 14.1. The number of aromatic amines is 1. The number of hydrogen-bond donors (Lipinski definition) is 2.